The zero-order valence-corrected chi connectivity index (χ0v) is 7.17. The minimum Gasteiger partial charge on any atom is -0.445 e. The first-order valence-corrected chi connectivity index (χ1v) is 3.64. The molecule has 0 aliphatic heterocycles. The molecule has 4 heteroatoms. The van der Waals surface area contributed by atoms with Gasteiger partial charge in [-0.25, -0.2) is 4.79 Å². The molecular weight excluding hydrogens is 200 g/mol. The fourth-order valence-electron chi connectivity index (χ4n) is 0.258. The third-order valence-corrected chi connectivity index (χ3v) is 1.73. The highest BCUT2D eigenvalue weighted by molar-refractivity contribution is 9.09. The highest BCUT2D eigenvalue weighted by Gasteiger charge is 2.13. The number of carbonyl (C=O) groups is 1. The van der Waals surface area contributed by atoms with Crippen molar-refractivity contribution >= 4 is 21.9 Å². The monoisotopic (exact) mass is 208 g/mol. The Labute approximate surface area is 67.8 Å². The maximum Gasteiger partial charge on any atom is 0.331 e. The Kier molecular flexibility index (Phi) is 4.31. The Morgan fingerprint density at radius 3 is 2.70 bits per heavy atom. The molecular formula is C6H9BrO3. The minimum absolute atomic E-state index is 0.553. The van der Waals surface area contributed by atoms with Crippen LogP contribution in [0.5, 0.6) is 0 Å². The van der Waals surface area contributed by atoms with E-state index in [2.05, 4.69) is 27.2 Å². The van der Waals surface area contributed by atoms with Gasteiger partial charge in [0.15, 0.2) is 5.01 Å². The molecule has 0 spiro atoms. The van der Waals surface area contributed by atoms with Gasteiger partial charge >= 0.3 is 5.97 Å². The lowest BCUT2D eigenvalue weighted by molar-refractivity contribution is -0.142. The van der Waals surface area contributed by atoms with Crippen molar-refractivity contribution in [1.29, 1.82) is 0 Å². The predicted octanol–water partition coefficient (Wildman–Crippen LogP) is 0.817. The molecule has 1 N–H and O–H groups in total. The van der Waals surface area contributed by atoms with Gasteiger partial charge in [0.2, 0.25) is 0 Å². The number of esters is 1. The average molecular weight is 209 g/mol. The van der Waals surface area contributed by atoms with Crippen LogP contribution in [0, 0.1) is 0 Å². The molecule has 0 fully saturated rings. The summed E-state index contributed by atoms with van der Waals surface area (Å²) in [7, 11) is 0. The molecule has 0 rings (SSSR count). The second-order valence-electron chi connectivity index (χ2n) is 1.73. The first kappa shape index (κ1) is 9.65. The molecule has 58 valence electrons. The zero-order chi connectivity index (χ0) is 8.15. The molecule has 10 heavy (non-hydrogen) atoms. The zero-order valence-electron chi connectivity index (χ0n) is 5.58. The molecule has 0 bridgehead atoms. The Hall–Kier alpha value is -0.350. The van der Waals surface area contributed by atoms with Crippen molar-refractivity contribution in [2.75, 3.05) is 0 Å². The number of hydrogen-bond acceptors (Lipinski definition) is 3. The van der Waals surface area contributed by atoms with Crippen LogP contribution in [-0.4, -0.2) is 22.2 Å². The number of hydrogen-bond donors (Lipinski definition) is 1. The summed E-state index contributed by atoms with van der Waals surface area (Å²) in [5, 5.41) is 8.15. The lowest BCUT2D eigenvalue weighted by atomic mass is 10.4. The normalized spacial score (nSPS) is 15.5. The quantitative estimate of drug-likeness (QED) is 0.425. The largest absolute Gasteiger partial charge is 0.445 e. The summed E-state index contributed by atoms with van der Waals surface area (Å²) in [5.74, 6) is -0.553. The van der Waals surface area contributed by atoms with E-state index in [1.54, 1.807) is 0 Å². The third-order valence-electron chi connectivity index (χ3n) is 0.775. The summed E-state index contributed by atoms with van der Waals surface area (Å²) in [6.45, 7) is 4.71. The summed E-state index contributed by atoms with van der Waals surface area (Å²) in [4.78, 5) is 10.4. The van der Waals surface area contributed by atoms with E-state index in [0.717, 1.165) is 6.08 Å². The van der Waals surface area contributed by atoms with Crippen LogP contribution >= 0.6 is 15.9 Å². The lowest BCUT2D eigenvalue weighted by Gasteiger charge is -2.11. The second kappa shape index (κ2) is 4.46. The molecule has 0 saturated heterocycles. The van der Waals surface area contributed by atoms with E-state index in [4.69, 9.17) is 5.11 Å². The van der Waals surface area contributed by atoms with Gasteiger partial charge < -0.3 is 9.84 Å². The van der Waals surface area contributed by atoms with E-state index < -0.39 is 17.1 Å². The number of alkyl halides is 1. The molecule has 0 saturated carbocycles. The first-order valence-electron chi connectivity index (χ1n) is 2.73. The maximum absolute atomic E-state index is 10.4. The minimum atomic E-state index is -0.719. The summed E-state index contributed by atoms with van der Waals surface area (Å²) < 4.78 is 4.57. The van der Waals surface area contributed by atoms with Gasteiger partial charge in [-0.05, 0) is 22.9 Å². The molecule has 2 atom stereocenters. The van der Waals surface area contributed by atoms with Gasteiger partial charge in [0.05, 0.1) is 6.10 Å². The summed E-state index contributed by atoms with van der Waals surface area (Å²) in [6, 6.07) is 0. The number of aliphatic hydroxyl groups excluding tert-OH is 1. The predicted molar refractivity (Wildman–Crippen MR) is 40.7 cm³/mol. The molecule has 0 heterocycles. The van der Waals surface area contributed by atoms with E-state index in [9.17, 15) is 4.79 Å². The summed E-state index contributed by atoms with van der Waals surface area (Å²) in [5.41, 5.74) is 0. The average Bonchev–Trinajstić information content (AvgIpc) is 1.87. The van der Waals surface area contributed by atoms with Crippen molar-refractivity contribution in [2.24, 2.45) is 0 Å². The standard InChI is InChI=1S/C6H9BrO3/c1-3-5(9)10-6(7)4(2)8/h3-4,6,8H,1H2,2H3. The maximum atomic E-state index is 10.4. The van der Waals surface area contributed by atoms with Crippen molar-refractivity contribution in [3.63, 3.8) is 0 Å². The van der Waals surface area contributed by atoms with Crippen molar-refractivity contribution in [2.45, 2.75) is 18.0 Å². The Balaban J connectivity index is 3.67. The van der Waals surface area contributed by atoms with E-state index >= 15 is 0 Å². The number of halogens is 1. The van der Waals surface area contributed by atoms with Gasteiger partial charge in [-0.1, -0.05) is 6.58 Å². The molecule has 0 aromatic rings. The SMILES string of the molecule is C=CC(=O)OC(Br)C(C)O. The van der Waals surface area contributed by atoms with Crippen molar-refractivity contribution in [3.8, 4) is 0 Å². The number of carbonyl (C=O) groups excluding carboxylic acids is 1. The van der Waals surface area contributed by atoms with Crippen LogP contribution in [-0.2, 0) is 9.53 Å². The van der Waals surface area contributed by atoms with E-state index in [0.29, 0.717) is 0 Å². The summed E-state index contributed by atoms with van der Waals surface area (Å²) in [6.07, 6.45) is 0.320. The third kappa shape index (κ3) is 3.63. The van der Waals surface area contributed by atoms with Gasteiger partial charge in [-0.15, -0.1) is 0 Å². The summed E-state index contributed by atoms with van der Waals surface area (Å²) >= 11 is 2.94. The van der Waals surface area contributed by atoms with Crippen molar-refractivity contribution < 1.29 is 14.6 Å². The molecule has 0 aliphatic carbocycles. The number of ether oxygens (including phenoxy) is 1. The highest BCUT2D eigenvalue weighted by Crippen LogP contribution is 2.06. The Bertz CT molecular complexity index is 133. The van der Waals surface area contributed by atoms with Crippen LogP contribution in [0.25, 0.3) is 0 Å². The lowest BCUT2D eigenvalue weighted by Crippen LogP contribution is -2.21. The number of aliphatic hydroxyl groups is 1. The molecule has 3 nitrogen and oxygen atoms in total. The van der Waals surface area contributed by atoms with Gasteiger partial charge in [-0.2, -0.15) is 0 Å². The second-order valence-corrected chi connectivity index (χ2v) is 2.64. The first-order chi connectivity index (χ1) is 4.57. The molecule has 0 aromatic carbocycles. The van der Waals surface area contributed by atoms with Crippen molar-refractivity contribution in [1.82, 2.24) is 0 Å². The van der Waals surface area contributed by atoms with Gasteiger partial charge in [-0.3, -0.25) is 0 Å². The van der Waals surface area contributed by atoms with Crippen LogP contribution in [0.15, 0.2) is 12.7 Å². The van der Waals surface area contributed by atoms with Gasteiger partial charge in [0, 0.05) is 6.08 Å². The molecule has 0 amide bonds. The molecule has 0 aromatic heterocycles. The van der Waals surface area contributed by atoms with Crippen LogP contribution in [0.1, 0.15) is 6.92 Å². The van der Waals surface area contributed by atoms with Crippen LogP contribution in [0.4, 0.5) is 0 Å². The number of rotatable bonds is 3. The van der Waals surface area contributed by atoms with Crippen LogP contribution in [0.2, 0.25) is 0 Å². The molecule has 2 unspecified atom stereocenters. The van der Waals surface area contributed by atoms with E-state index in [-0.39, 0.29) is 0 Å². The van der Waals surface area contributed by atoms with Gasteiger partial charge in [0.1, 0.15) is 0 Å². The smallest absolute Gasteiger partial charge is 0.331 e. The van der Waals surface area contributed by atoms with E-state index in [1.807, 2.05) is 0 Å². The topological polar surface area (TPSA) is 46.5 Å². The molecule has 0 radical (unpaired) electrons. The van der Waals surface area contributed by atoms with Crippen LogP contribution < -0.4 is 0 Å². The fraction of sp³-hybridized carbons (Fsp3) is 0.500. The Morgan fingerprint density at radius 1 is 1.90 bits per heavy atom. The van der Waals surface area contributed by atoms with Gasteiger partial charge in [0.25, 0.3) is 0 Å². The Morgan fingerprint density at radius 2 is 2.40 bits per heavy atom. The fourth-order valence-corrected chi connectivity index (χ4v) is 0.442. The van der Waals surface area contributed by atoms with Crippen LogP contribution in [0.3, 0.4) is 0 Å². The van der Waals surface area contributed by atoms with Crippen molar-refractivity contribution in [3.05, 3.63) is 12.7 Å². The van der Waals surface area contributed by atoms with E-state index in [1.165, 1.54) is 6.92 Å². The molecule has 0 aliphatic rings. The highest BCUT2D eigenvalue weighted by atomic mass is 79.9.